The standard InChI is InChI=1S/C12H13NO3/c1-15-11-5-8-6-13-4-3-9(8)10(7-14)12(11)16-2/h3-6,14H,7H2,1-2H3. The van der Waals surface area contributed by atoms with Gasteiger partial charge in [-0.05, 0) is 17.5 Å². The van der Waals surface area contributed by atoms with Gasteiger partial charge in [-0.3, -0.25) is 4.98 Å². The van der Waals surface area contributed by atoms with Crippen LogP contribution in [0.5, 0.6) is 11.5 Å². The van der Waals surface area contributed by atoms with Crippen LogP contribution < -0.4 is 9.47 Å². The Bertz CT molecular complexity index is 511. The number of ether oxygens (including phenoxy) is 2. The van der Waals surface area contributed by atoms with E-state index in [1.165, 1.54) is 0 Å². The lowest BCUT2D eigenvalue weighted by Gasteiger charge is -2.13. The average molecular weight is 219 g/mol. The second-order valence-corrected chi connectivity index (χ2v) is 3.35. The van der Waals surface area contributed by atoms with Crippen molar-refractivity contribution in [2.45, 2.75) is 6.61 Å². The number of nitrogens with zero attached hydrogens (tertiary/aromatic N) is 1. The first-order chi connectivity index (χ1) is 7.81. The number of fused-ring (bicyclic) bond motifs is 1. The predicted octanol–water partition coefficient (Wildman–Crippen LogP) is 1.74. The number of aromatic nitrogens is 1. The van der Waals surface area contributed by atoms with Crippen molar-refractivity contribution in [3.63, 3.8) is 0 Å². The van der Waals surface area contributed by atoms with Gasteiger partial charge in [0.05, 0.1) is 20.8 Å². The van der Waals surface area contributed by atoms with Gasteiger partial charge in [0, 0.05) is 23.3 Å². The van der Waals surface area contributed by atoms with Gasteiger partial charge in [-0.15, -0.1) is 0 Å². The molecule has 0 unspecified atom stereocenters. The normalized spacial score (nSPS) is 10.4. The van der Waals surface area contributed by atoms with Crippen LogP contribution in [0.15, 0.2) is 24.5 Å². The van der Waals surface area contributed by atoms with E-state index in [-0.39, 0.29) is 6.61 Å². The number of benzene rings is 1. The van der Waals surface area contributed by atoms with Gasteiger partial charge in [0.15, 0.2) is 11.5 Å². The number of pyridine rings is 1. The summed E-state index contributed by atoms with van der Waals surface area (Å²) in [6.07, 6.45) is 3.42. The van der Waals surface area contributed by atoms with Crippen molar-refractivity contribution in [3.8, 4) is 11.5 Å². The number of hydrogen-bond donors (Lipinski definition) is 1. The van der Waals surface area contributed by atoms with Crippen LogP contribution in [0.1, 0.15) is 5.56 Å². The van der Waals surface area contributed by atoms with Crippen molar-refractivity contribution >= 4 is 10.8 Å². The summed E-state index contributed by atoms with van der Waals surface area (Å²) in [5.41, 5.74) is 0.722. The van der Waals surface area contributed by atoms with Crippen LogP contribution in [0.25, 0.3) is 10.8 Å². The maximum atomic E-state index is 9.41. The van der Waals surface area contributed by atoms with Crippen molar-refractivity contribution in [1.29, 1.82) is 0 Å². The van der Waals surface area contributed by atoms with Crippen molar-refractivity contribution in [2.75, 3.05) is 14.2 Å². The molecule has 0 saturated carbocycles. The average Bonchev–Trinajstić information content (AvgIpc) is 2.36. The molecule has 0 aliphatic heterocycles. The van der Waals surface area contributed by atoms with E-state index in [1.807, 2.05) is 12.1 Å². The van der Waals surface area contributed by atoms with Crippen LogP contribution in [0.4, 0.5) is 0 Å². The number of rotatable bonds is 3. The number of aliphatic hydroxyl groups excluding tert-OH is 1. The summed E-state index contributed by atoms with van der Waals surface area (Å²) in [5.74, 6) is 1.18. The van der Waals surface area contributed by atoms with Crippen molar-refractivity contribution in [2.24, 2.45) is 0 Å². The predicted molar refractivity (Wildman–Crippen MR) is 60.8 cm³/mol. The summed E-state index contributed by atoms with van der Waals surface area (Å²) in [7, 11) is 3.13. The first-order valence-electron chi connectivity index (χ1n) is 4.90. The Morgan fingerprint density at radius 1 is 1.31 bits per heavy atom. The zero-order valence-corrected chi connectivity index (χ0v) is 9.23. The second kappa shape index (κ2) is 4.37. The summed E-state index contributed by atoms with van der Waals surface area (Å²) >= 11 is 0. The van der Waals surface area contributed by atoms with Crippen molar-refractivity contribution in [3.05, 3.63) is 30.1 Å². The highest BCUT2D eigenvalue weighted by Gasteiger charge is 2.13. The summed E-state index contributed by atoms with van der Waals surface area (Å²) in [6, 6.07) is 3.70. The minimum atomic E-state index is -0.0963. The van der Waals surface area contributed by atoms with Gasteiger partial charge in [0.2, 0.25) is 0 Å². The number of hydrogen-bond acceptors (Lipinski definition) is 4. The van der Waals surface area contributed by atoms with Crippen molar-refractivity contribution < 1.29 is 14.6 Å². The molecule has 4 heteroatoms. The molecule has 0 fully saturated rings. The molecule has 1 heterocycles. The maximum Gasteiger partial charge on any atom is 0.166 e. The molecular weight excluding hydrogens is 206 g/mol. The Hall–Kier alpha value is -1.81. The van der Waals surface area contributed by atoms with Crippen LogP contribution >= 0.6 is 0 Å². The van der Waals surface area contributed by atoms with E-state index in [4.69, 9.17) is 9.47 Å². The number of methoxy groups -OCH3 is 2. The molecule has 0 saturated heterocycles. The van der Waals surface area contributed by atoms with Crippen LogP contribution in [0.2, 0.25) is 0 Å². The van der Waals surface area contributed by atoms with E-state index in [1.54, 1.807) is 26.6 Å². The number of aliphatic hydroxyl groups is 1. The quantitative estimate of drug-likeness (QED) is 0.854. The Morgan fingerprint density at radius 2 is 2.12 bits per heavy atom. The van der Waals surface area contributed by atoms with E-state index in [2.05, 4.69) is 4.98 Å². The second-order valence-electron chi connectivity index (χ2n) is 3.35. The Morgan fingerprint density at radius 3 is 2.75 bits per heavy atom. The first kappa shape index (κ1) is 10.7. The molecule has 1 aromatic heterocycles. The molecule has 1 aromatic carbocycles. The molecule has 0 amide bonds. The van der Waals surface area contributed by atoms with Gasteiger partial charge in [0.25, 0.3) is 0 Å². The molecule has 0 bridgehead atoms. The zero-order valence-electron chi connectivity index (χ0n) is 9.23. The zero-order chi connectivity index (χ0) is 11.5. The van der Waals surface area contributed by atoms with Gasteiger partial charge in [-0.25, -0.2) is 0 Å². The molecular formula is C12H13NO3. The molecule has 0 spiro atoms. The monoisotopic (exact) mass is 219 g/mol. The van der Waals surface area contributed by atoms with Crippen LogP contribution in [-0.2, 0) is 6.61 Å². The van der Waals surface area contributed by atoms with E-state index in [0.29, 0.717) is 11.5 Å². The highest BCUT2D eigenvalue weighted by atomic mass is 16.5. The molecule has 16 heavy (non-hydrogen) atoms. The minimum Gasteiger partial charge on any atom is -0.493 e. The lowest BCUT2D eigenvalue weighted by atomic mass is 10.1. The summed E-state index contributed by atoms with van der Waals surface area (Å²) < 4.78 is 10.5. The van der Waals surface area contributed by atoms with E-state index >= 15 is 0 Å². The SMILES string of the molecule is COc1cc2cnccc2c(CO)c1OC. The third-order valence-electron chi connectivity index (χ3n) is 2.54. The Labute approximate surface area is 93.4 Å². The van der Waals surface area contributed by atoms with E-state index in [0.717, 1.165) is 16.3 Å². The Balaban J connectivity index is 2.82. The fourth-order valence-corrected chi connectivity index (χ4v) is 1.81. The fraction of sp³-hybridized carbons (Fsp3) is 0.250. The van der Waals surface area contributed by atoms with Gasteiger partial charge in [-0.2, -0.15) is 0 Å². The summed E-state index contributed by atoms with van der Waals surface area (Å²) in [6.45, 7) is -0.0963. The molecule has 0 atom stereocenters. The molecule has 4 nitrogen and oxygen atoms in total. The van der Waals surface area contributed by atoms with E-state index in [9.17, 15) is 5.11 Å². The van der Waals surface area contributed by atoms with Gasteiger partial charge in [0.1, 0.15) is 0 Å². The lowest BCUT2D eigenvalue weighted by Crippen LogP contribution is -1.97. The molecule has 0 aliphatic carbocycles. The molecule has 2 aromatic rings. The van der Waals surface area contributed by atoms with Crippen LogP contribution in [0, 0.1) is 0 Å². The van der Waals surface area contributed by atoms with E-state index < -0.39 is 0 Å². The molecule has 84 valence electrons. The van der Waals surface area contributed by atoms with Gasteiger partial charge >= 0.3 is 0 Å². The summed E-state index contributed by atoms with van der Waals surface area (Å²) in [4.78, 5) is 4.04. The van der Waals surface area contributed by atoms with Gasteiger partial charge < -0.3 is 14.6 Å². The molecule has 0 aliphatic rings. The van der Waals surface area contributed by atoms with Gasteiger partial charge in [-0.1, -0.05) is 0 Å². The first-order valence-corrected chi connectivity index (χ1v) is 4.90. The highest BCUT2D eigenvalue weighted by Crippen LogP contribution is 2.36. The topological polar surface area (TPSA) is 51.6 Å². The maximum absolute atomic E-state index is 9.41. The van der Waals surface area contributed by atoms with Crippen LogP contribution in [-0.4, -0.2) is 24.3 Å². The minimum absolute atomic E-state index is 0.0963. The third-order valence-corrected chi connectivity index (χ3v) is 2.54. The fourth-order valence-electron chi connectivity index (χ4n) is 1.81. The van der Waals surface area contributed by atoms with Crippen molar-refractivity contribution in [1.82, 2.24) is 4.98 Å². The van der Waals surface area contributed by atoms with Crippen LogP contribution in [0.3, 0.4) is 0 Å². The largest absolute Gasteiger partial charge is 0.493 e. The smallest absolute Gasteiger partial charge is 0.166 e. The summed E-state index contributed by atoms with van der Waals surface area (Å²) in [5, 5.41) is 11.3. The Kier molecular flexibility index (Phi) is 2.92. The lowest BCUT2D eigenvalue weighted by molar-refractivity contribution is 0.272. The highest BCUT2D eigenvalue weighted by molar-refractivity contribution is 5.89. The molecule has 0 radical (unpaired) electrons. The third kappa shape index (κ3) is 1.57. The molecule has 1 N–H and O–H groups in total. The molecule has 2 rings (SSSR count).